The van der Waals surface area contributed by atoms with Gasteiger partial charge in [0.25, 0.3) is 0 Å². The van der Waals surface area contributed by atoms with Gasteiger partial charge in [0.1, 0.15) is 6.04 Å². The molecule has 0 aliphatic carbocycles. The zero-order chi connectivity index (χ0) is 6.73. The van der Waals surface area contributed by atoms with Crippen LogP contribution in [0.2, 0.25) is 0 Å². The molecule has 0 aromatic heterocycles. The predicted octanol–water partition coefficient (Wildman–Crippen LogP) is -1.61. The normalized spacial score (nSPS) is 20.0. The van der Waals surface area contributed by atoms with E-state index in [-0.39, 0.29) is 0 Å². The zero-order valence-electron chi connectivity index (χ0n) is 4.53. The summed E-state index contributed by atoms with van der Waals surface area (Å²) in [4.78, 5) is 9.74. The lowest BCUT2D eigenvalue weighted by Gasteiger charge is -1.96. The van der Waals surface area contributed by atoms with Gasteiger partial charge in [-0.1, -0.05) is 0 Å². The summed E-state index contributed by atoms with van der Waals surface area (Å²) >= 11 is 0. The van der Waals surface area contributed by atoms with E-state index in [1.165, 1.54) is 0 Å². The summed E-state index contributed by atoms with van der Waals surface area (Å²) in [5.41, 5.74) is 4.72. The Balaban J connectivity index is 3.64. The highest BCUT2D eigenvalue weighted by molar-refractivity contribution is 5.73. The van der Waals surface area contributed by atoms with Gasteiger partial charge in [-0.15, -0.1) is 0 Å². The van der Waals surface area contributed by atoms with Gasteiger partial charge in [-0.05, 0) is 0 Å². The van der Waals surface area contributed by atoms with E-state index in [9.17, 15) is 4.79 Å². The van der Waals surface area contributed by atoms with E-state index in [0.29, 0.717) is 0 Å². The monoisotopic (exact) mass is 108 g/mol. The van der Waals surface area contributed by atoms with Crippen molar-refractivity contribution < 1.29 is 16.4 Å². The van der Waals surface area contributed by atoms with Crippen molar-refractivity contribution in [3.05, 3.63) is 0 Å². The molecule has 4 heteroatoms. The Morgan fingerprint density at radius 2 is 2.57 bits per heavy atom. The fraction of sp³-hybridized carbons (Fsp3) is 0.667. The molecule has 0 saturated carbocycles. The van der Waals surface area contributed by atoms with Crippen LogP contribution in [-0.4, -0.2) is 28.8 Å². The smallest absolute Gasteiger partial charge is 0.322 e. The minimum Gasteiger partial charge on any atom is -0.480 e. The fourth-order valence-electron chi connectivity index (χ4n) is 0.0638. The highest BCUT2D eigenvalue weighted by Gasteiger charge is 2.06. The molecule has 0 radical (unpaired) electrons. The number of nitrogens with two attached hydrogens (primary N) is 1. The minimum atomic E-state index is -1.73. The Morgan fingerprint density at radius 1 is 2.14 bits per heavy atom. The van der Waals surface area contributed by atoms with Crippen LogP contribution in [0.3, 0.4) is 0 Å². The average molecular weight is 108 g/mol. The molecule has 0 aliphatic heterocycles. The van der Waals surface area contributed by atoms with Gasteiger partial charge in [0.15, 0.2) is 0 Å². The number of carbonyl (C=O) groups is 1. The first-order chi connectivity index (χ1) is 3.55. The number of aliphatic hydroxyl groups excluding tert-OH is 1. The lowest BCUT2D eigenvalue weighted by Crippen LogP contribution is -2.33. The van der Waals surface area contributed by atoms with Crippen LogP contribution in [0, 0.1) is 0 Å². The highest BCUT2D eigenvalue weighted by Crippen LogP contribution is 1.71. The SMILES string of the molecule is [2H][C@H](O)[C@H]([15NH2])[13C](=O)O. The van der Waals surface area contributed by atoms with Gasteiger partial charge in [-0.3, -0.25) is 4.79 Å². The number of hydrogen-bond donors (Lipinski definition) is 3. The van der Waals surface area contributed by atoms with Crippen molar-refractivity contribution >= 4 is 5.97 Å². The van der Waals surface area contributed by atoms with E-state index in [2.05, 4.69) is 0 Å². The van der Waals surface area contributed by atoms with Crippen molar-refractivity contribution in [3.63, 3.8) is 0 Å². The van der Waals surface area contributed by atoms with Gasteiger partial charge in [-0.25, -0.2) is 0 Å². The van der Waals surface area contributed by atoms with E-state index in [1.807, 2.05) is 0 Å². The molecule has 0 saturated heterocycles. The van der Waals surface area contributed by atoms with Crippen molar-refractivity contribution in [2.24, 2.45) is 5.73 Å². The molecule has 0 aromatic carbocycles. The molecule has 4 nitrogen and oxygen atoms in total. The third-order valence-electron chi connectivity index (χ3n) is 0.446. The van der Waals surface area contributed by atoms with E-state index in [0.717, 1.165) is 0 Å². The summed E-state index contributed by atoms with van der Waals surface area (Å²) in [5, 5.41) is 16.1. The van der Waals surface area contributed by atoms with Crippen molar-refractivity contribution in [1.82, 2.24) is 0 Å². The van der Waals surface area contributed by atoms with Crippen molar-refractivity contribution in [3.8, 4) is 0 Å². The number of hydrogen-bond acceptors (Lipinski definition) is 3. The van der Waals surface area contributed by atoms with Crippen LogP contribution in [0.5, 0.6) is 0 Å². The standard InChI is InChI=1S/C3H7NO3/c4-2(1-5)3(6)7/h2,5H,1,4H2,(H,6,7)/t2-/m0/s1/i1D,3+1,4+1/t1-,2-. The Labute approximate surface area is 42.0 Å². The highest BCUT2D eigenvalue weighted by atomic mass is 16.5. The van der Waals surface area contributed by atoms with Crippen LogP contribution >= 0.6 is 0 Å². The van der Waals surface area contributed by atoms with Gasteiger partial charge in [0, 0.05) is 0 Å². The molecule has 2 atom stereocenters. The molecular formula is C3H7NO3. The number of aliphatic hydroxyl groups is 1. The lowest BCUT2D eigenvalue weighted by atomic mass is 10.5. The minimum absolute atomic E-state index is 1.37. The number of carboxylic acids is 1. The first-order valence-electron chi connectivity index (χ1n) is 2.22. The van der Waals surface area contributed by atoms with Crippen LogP contribution in [0.1, 0.15) is 1.37 Å². The van der Waals surface area contributed by atoms with Crippen LogP contribution < -0.4 is 5.73 Å². The Kier molecular flexibility index (Phi) is 1.65. The maximum Gasteiger partial charge on any atom is 0.322 e. The third kappa shape index (κ3) is 2.13. The average Bonchev–Trinajstić information content (AvgIpc) is 1.64. The molecule has 0 rings (SSSR count). The number of aliphatic carboxylic acids is 1. The predicted molar refractivity (Wildman–Crippen MR) is 22.7 cm³/mol. The summed E-state index contributed by atoms with van der Waals surface area (Å²) in [5.74, 6) is -1.37. The molecule has 7 heavy (non-hydrogen) atoms. The summed E-state index contributed by atoms with van der Waals surface area (Å²) in [6.45, 7) is -1.73. The molecule has 0 heterocycles. The first-order valence-corrected chi connectivity index (χ1v) is 1.64. The molecule has 0 amide bonds. The molecule has 0 fully saturated rings. The Bertz CT molecular complexity index is 94.5. The third-order valence-corrected chi connectivity index (χ3v) is 0.446. The summed E-state index contributed by atoms with van der Waals surface area (Å²) < 4.78 is 6.36. The quantitative estimate of drug-likeness (QED) is 0.293. The number of rotatable bonds is 2. The second-order valence-corrected chi connectivity index (χ2v) is 1.01. The maximum atomic E-state index is 9.74. The van der Waals surface area contributed by atoms with Gasteiger partial charge in [0.05, 0.1) is 7.95 Å². The molecule has 0 aromatic rings. The molecule has 0 aliphatic rings. The van der Waals surface area contributed by atoms with E-state index >= 15 is 0 Å². The van der Waals surface area contributed by atoms with Crippen LogP contribution in [0.4, 0.5) is 0 Å². The first kappa shape index (κ1) is 4.55. The molecular weight excluding hydrogens is 100 g/mol. The molecule has 0 unspecified atom stereocenters. The number of carboxylic acid groups (broad SMARTS) is 1. The Hall–Kier alpha value is -0.610. The second kappa shape index (κ2) is 2.54. The van der Waals surface area contributed by atoms with Crippen molar-refractivity contribution in [2.75, 3.05) is 6.58 Å². The van der Waals surface area contributed by atoms with Gasteiger partial charge in [0.2, 0.25) is 0 Å². The summed E-state index contributed by atoms with van der Waals surface area (Å²) in [7, 11) is 0. The van der Waals surface area contributed by atoms with Crippen LogP contribution in [0.15, 0.2) is 0 Å². The van der Waals surface area contributed by atoms with E-state index < -0.39 is 18.6 Å². The zero-order valence-corrected chi connectivity index (χ0v) is 3.53. The summed E-state index contributed by atoms with van der Waals surface area (Å²) in [6.07, 6.45) is 0. The molecule has 0 spiro atoms. The van der Waals surface area contributed by atoms with Crippen molar-refractivity contribution in [1.29, 1.82) is 0 Å². The lowest BCUT2D eigenvalue weighted by molar-refractivity contribution is -0.139. The van der Waals surface area contributed by atoms with Gasteiger partial charge < -0.3 is 15.9 Å². The topological polar surface area (TPSA) is 83.5 Å². The maximum absolute atomic E-state index is 9.74. The fourth-order valence-corrected chi connectivity index (χ4v) is 0.0638. The van der Waals surface area contributed by atoms with E-state index in [4.69, 9.17) is 17.3 Å². The summed E-state index contributed by atoms with van der Waals surface area (Å²) in [6, 6.07) is -1.49. The second-order valence-electron chi connectivity index (χ2n) is 1.01. The van der Waals surface area contributed by atoms with Gasteiger partial charge >= 0.3 is 5.97 Å². The van der Waals surface area contributed by atoms with Crippen LogP contribution in [0.25, 0.3) is 0 Å². The van der Waals surface area contributed by atoms with Crippen molar-refractivity contribution in [2.45, 2.75) is 6.04 Å². The van der Waals surface area contributed by atoms with Gasteiger partial charge in [-0.2, -0.15) is 0 Å². The molecule has 42 valence electrons. The molecule has 4 N–H and O–H groups in total. The molecule has 0 bridgehead atoms. The Morgan fingerprint density at radius 3 is 2.57 bits per heavy atom. The van der Waals surface area contributed by atoms with E-state index in [1.54, 1.807) is 0 Å². The van der Waals surface area contributed by atoms with Crippen LogP contribution in [-0.2, 0) is 4.79 Å². The largest absolute Gasteiger partial charge is 0.480 e.